The lowest BCUT2D eigenvalue weighted by atomic mass is 10.1. The lowest BCUT2D eigenvalue weighted by molar-refractivity contribution is 0.414. The molecule has 0 radical (unpaired) electrons. The summed E-state index contributed by atoms with van der Waals surface area (Å²) in [4.78, 5) is 0. The fourth-order valence-corrected chi connectivity index (χ4v) is 1.84. The van der Waals surface area contributed by atoms with Gasteiger partial charge in [-0.15, -0.1) is 0 Å². The van der Waals surface area contributed by atoms with Crippen molar-refractivity contribution in [2.45, 2.75) is 25.3 Å². The van der Waals surface area contributed by atoms with E-state index in [1.807, 2.05) is 24.0 Å². The lowest BCUT2D eigenvalue weighted by Crippen LogP contribution is -2.39. The Morgan fingerprint density at radius 2 is 2.57 bits per heavy atom. The summed E-state index contributed by atoms with van der Waals surface area (Å²) in [6.45, 7) is 2.14. The van der Waals surface area contributed by atoms with E-state index in [9.17, 15) is 0 Å². The molecule has 1 aliphatic heterocycles. The molecule has 4 heteroatoms. The first-order valence-corrected chi connectivity index (χ1v) is 5.31. The summed E-state index contributed by atoms with van der Waals surface area (Å²) in [5.41, 5.74) is 0. The largest absolute Gasteiger partial charge is 0.367 e. The molecular weight excluding hydrogens is 176 g/mol. The third kappa shape index (κ3) is 2.48. The second-order valence-corrected chi connectivity index (χ2v) is 3.90. The van der Waals surface area contributed by atoms with Crippen LogP contribution in [0.5, 0.6) is 0 Å². The van der Waals surface area contributed by atoms with Gasteiger partial charge in [-0.3, -0.25) is 4.68 Å². The van der Waals surface area contributed by atoms with E-state index in [0.717, 1.165) is 18.9 Å². The van der Waals surface area contributed by atoms with Gasteiger partial charge in [0.25, 0.3) is 0 Å². The zero-order valence-electron chi connectivity index (χ0n) is 8.66. The monoisotopic (exact) mass is 194 g/mol. The number of hydrogen-bond acceptors (Lipinski definition) is 3. The molecule has 2 N–H and O–H groups in total. The number of aryl methyl sites for hydroxylation is 1. The van der Waals surface area contributed by atoms with Gasteiger partial charge in [-0.1, -0.05) is 6.42 Å². The Hall–Kier alpha value is -1.03. The van der Waals surface area contributed by atoms with Crippen molar-refractivity contribution in [3.63, 3.8) is 0 Å². The Labute approximate surface area is 84.7 Å². The predicted octanol–water partition coefficient (Wildman–Crippen LogP) is 0.974. The normalized spacial score (nSPS) is 22.2. The van der Waals surface area contributed by atoms with Crippen molar-refractivity contribution in [3.8, 4) is 0 Å². The van der Waals surface area contributed by atoms with Crippen LogP contribution in [0, 0.1) is 0 Å². The molecule has 0 aromatic carbocycles. The molecule has 0 saturated carbocycles. The highest BCUT2D eigenvalue weighted by Crippen LogP contribution is 2.08. The highest BCUT2D eigenvalue weighted by molar-refractivity contribution is 5.32. The summed E-state index contributed by atoms with van der Waals surface area (Å²) in [5.74, 6) is 0.972. The average molecular weight is 194 g/mol. The molecule has 1 fully saturated rings. The van der Waals surface area contributed by atoms with Crippen LogP contribution in [0.25, 0.3) is 0 Å². The minimum Gasteiger partial charge on any atom is -0.367 e. The van der Waals surface area contributed by atoms with Crippen molar-refractivity contribution in [1.29, 1.82) is 0 Å². The van der Waals surface area contributed by atoms with E-state index < -0.39 is 0 Å². The number of piperidine rings is 1. The van der Waals surface area contributed by atoms with Crippen molar-refractivity contribution in [3.05, 3.63) is 12.3 Å². The molecule has 2 heterocycles. The maximum atomic E-state index is 4.27. The van der Waals surface area contributed by atoms with Gasteiger partial charge < -0.3 is 10.6 Å². The Bertz CT molecular complexity index is 275. The number of nitrogens with zero attached hydrogens (tertiary/aromatic N) is 2. The van der Waals surface area contributed by atoms with Gasteiger partial charge in [-0.25, -0.2) is 0 Å². The molecule has 1 aromatic rings. The first-order chi connectivity index (χ1) is 6.84. The minimum absolute atomic E-state index is 0.616. The molecule has 0 bridgehead atoms. The van der Waals surface area contributed by atoms with Crippen LogP contribution in [-0.4, -0.2) is 28.9 Å². The minimum atomic E-state index is 0.616. The zero-order valence-corrected chi connectivity index (χ0v) is 8.66. The van der Waals surface area contributed by atoms with Crippen molar-refractivity contribution < 1.29 is 0 Å². The summed E-state index contributed by atoms with van der Waals surface area (Å²) in [6, 6.07) is 2.62. The maximum absolute atomic E-state index is 4.27. The second-order valence-electron chi connectivity index (χ2n) is 3.90. The first kappa shape index (κ1) is 9.52. The van der Waals surface area contributed by atoms with E-state index >= 15 is 0 Å². The van der Waals surface area contributed by atoms with Gasteiger partial charge in [-0.2, -0.15) is 5.10 Å². The fourth-order valence-electron chi connectivity index (χ4n) is 1.84. The molecule has 4 nitrogen and oxygen atoms in total. The van der Waals surface area contributed by atoms with Crippen LogP contribution in [0.15, 0.2) is 12.3 Å². The molecule has 1 aliphatic rings. The van der Waals surface area contributed by atoms with Gasteiger partial charge in [0.15, 0.2) is 0 Å². The van der Waals surface area contributed by atoms with Crippen LogP contribution in [0.3, 0.4) is 0 Å². The average Bonchev–Trinajstić information content (AvgIpc) is 2.63. The number of hydrogen-bond donors (Lipinski definition) is 2. The predicted molar refractivity (Wildman–Crippen MR) is 57.3 cm³/mol. The summed E-state index contributed by atoms with van der Waals surface area (Å²) in [5, 5.41) is 11.1. The SMILES string of the molecule is Cn1ccc(NC[C@H]2CCCCN2)n1. The third-order valence-electron chi connectivity index (χ3n) is 2.66. The van der Waals surface area contributed by atoms with Crippen LogP contribution in [0.2, 0.25) is 0 Å². The van der Waals surface area contributed by atoms with E-state index in [-0.39, 0.29) is 0 Å². The van der Waals surface area contributed by atoms with E-state index in [1.54, 1.807) is 0 Å². The third-order valence-corrected chi connectivity index (χ3v) is 2.66. The summed E-state index contributed by atoms with van der Waals surface area (Å²) < 4.78 is 1.82. The van der Waals surface area contributed by atoms with Crippen molar-refractivity contribution in [2.75, 3.05) is 18.4 Å². The summed E-state index contributed by atoms with van der Waals surface area (Å²) in [6.07, 6.45) is 5.90. The second kappa shape index (κ2) is 4.46. The number of anilines is 1. The van der Waals surface area contributed by atoms with Gasteiger partial charge in [-0.05, 0) is 19.4 Å². The molecule has 1 aromatic heterocycles. The van der Waals surface area contributed by atoms with E-state index in [1.165, 1.54) is 19.3 Å². The van der Waals surface area contributed by atoms with Gasteiger partial charge >= 0.3 is 0 Å². The Kier molecular flexibility index (Phi) is 3.03. The molecule has 2 rings (SSSR count). The molecule has 78 valence electrons. The Morgan fingerprint density at radius 3 is 3.21 bits per heavy atom. The summed E-state index contributed by atoms with van der Waals surface area (Å²) >= 11 is 0. The quantitative estimate of drug-likeness (QED) is 0.753. The van der Waals surface area contributed by atoms with Gasteiger partial charge in [0, 0.05) is 31.9 Å². The van der Waals surface area contributed by atoms with Crippen molar-refractivity contribution in [2.24, 2.45) is 7.05 Å². The van der Waals surface area contributed by atoms with Gasteiger partial charge in [0.2, 0.25) is 0 Å². The maximum Gasteiger partial charge on any atom is 0.148 e. The first-order valence-electron chi connectivity index (χ1n) is 5.31. The molecule has 0 amide bonds. The smallest absolute Gasteiger partial charge is 0.148 e. The highest BCUT2D eigenvalue weighted by atomic mass is 15.3. The Morgan fingerprint density at radius 1 is 1.64 bits per heavy atom. The molecule has 0 aliphatic carbocycles. The van der Waals surface area contributed by atoms with Crippen LogP contribution in [0.1, 0.15) is 19.3 Å². The molecule has 1 atom stereocenters. The Balaban J connectivity index is 1.76. The van der Waals surface area contributed by atoms with E-state index in [0.29, 0.717) is 6.04 Å². The zero-order chi connectivity index (χ0) is 9.80. The van der Waals surface area contributed by atoms with Crippen LogP contribution >= 0.6 is 0 Å². The summed E-state index contributed by atoms with van der Waals surface area (Å²) in [7, 11) is 1.93. The van der Waals surface area contributed by atoms with E-state index in [2.05, 4.69) is 15.7 Å². The molecule has 0 unspecified atom stereocenters. The molecule has 0 spiro atoms. The van der Waals surface area contributed by atoms with Gasteiger partial charge in [0.05, 0.1) is 0 Å². The molecule has 1 saturated heterocycles. The molecule has 14 heavy (non-hydrogen) atoms. The highest BCUT2D eigenvalue weighted by Gasteiger charge is 2.11. The van der Waals surface area contributed by atoms with Gasteiger partial charge in [0.1, 0.15) is 5.82 Å². The van der Waals surface area contributed by atoms with Crippen LogP contribution in [0.4, 0.5) is 5.82 Å². The molecular formula is C10H18N4. The lowest BCUT2D eigenvalue weighted by Gasteiger charge is -2.23. The van der Waals surface area contributed by atoms with Crippen molar-refractivity contribution in [1.82, 2.24) is 15.1 Å². The van der Waals surface area contributed by atoms with Crippen molar-refractivity contribution >= 4 is 5.82 Å². The topological polar surface area (TPSA) is 41.9 Å². The number of nitrogens with one attached hydrogen (secondary N) is 2. The number of aromatic nitrogens is 2. The standard InChI is InChI=1S/C10H18N4/c1-14-7-5-10(13-14)12-8-9-4-2-3-6-11-9/h5,7,9,11H,2-4,6,8H2,1H3,(H,12,13)/t9-/m1/s1. The fraction of sp³-hybridized carbons (Fsp3) is 0.700. The van der Waals surface area contributed by atoms with Crippen LogP contribution in [-0.2, 0) is 7.05 Å². The van der Waals surface area contributed by atoms with E-state index in [4.69, 9.17) is 0 Å². The number of rotatable bonds is 3. The van der Waals surface area contributed by atoms with Crippen LogP contribution < -0.4 is 10.6 Å².